The van der Waals surface area contributed by atoms with Crippen molar-refractivity contribution in [2.45, 2.75) is 19.9 Å². The summed E-state index contributed by atoms with van der Waals surface area (Å²) < 4.78 is 0. The number of amides is 2. The number of carboxylic acids is 1. The predicted molar refractivity (Wildman–Crippen MR) is 48.4 cm³/mol. The lowest BCUT2D eigenvalue weighted by Crippen LogP contribution is -2.44. The summed E-state index contributed by atoms with van der Waals surface area (Å²) in [6.45, 7) is 3.63. The van der Waals surface area contributed by atoms with Crippen molar-refractivity contribution in [3.8, 4) is 0 Å². The molecule has 0 saturated heterocycles. The van der Waals surface area contributed by atoms with Crippen LogP contribution in [0.3, 0.4) is 0 Å². The van der Waals surface area contributed by atoms with Crippen LogP contribution in [-0.2, 0) is 4.79 Å². The maximum absolute atomic E-state index is 10.9. The third-order valence-electron chi connectivity index (χ3n) is 1.33. The van der Waals surface area contributed by atoms with Crippen LogP contribution in [0.25, 0.3) is 0 Å². The summed E-state index contributed by atoms with van der Waals surface area (Å²) in [7, 11) is 0. The molecule has 13 heavy (non-hydrogen) atoms. The molecule has 0 fully saturated rings. The van der Waals surface area contributed by atoms with E-state index in [0.717, 1.165) is 0 Å². The molecular weight excluding hydrogens is 172 g/mol. The highest BCUT2D eigenvalue weighted by Crippen LogP contribution is 1.80. The van der Waals surface area contributed by atoms with Gasteiger partial charge in [-0.25, -0.2) is 4.79 Å². The molecule has 1 unspecified atom stereocenters. The number of hydrogen-bond acceptors (Lipinski definition) is 2. The van der Waals surface area contributed by atoms with Gasteiger partial charge in [-0.3, -0.25) is 4.79 Å². The largest absolute Gasteiger partial charge is 0.480 e. The average molecular weight is 186 g/mol. The van der Waals surface area contributed by atoms with Gasteiger partial charge in [-0.15, -0.1) is 0 Å². The molecule has 0 aromatic rings. The third kappa shape index (κ3) is 5.72. The minimum absolute atomic E-state index is 0.397. The summed E-state index contributed by atoms with van der Waals surface area (Å²) in [5.41, 5.74) is 0. The highest BCUT2D eigenvalue weighted by atomic mass is 16.4. The monoisotopic (exact) mass is 186 g/mol. The van der Waals surface area contributed by atoms with Crippen LogP contribution in [-0.4, -0.2) is 29.7 Å². The molecule has 0 heterocycles. The molecule has 0 bridgehead atoms. The molecule has 0 aliphatic carbocycles. The Labute approximate surface area is 76.8 Å². The quantitative estimate of drug-likeness (QED) is 0.554. The number of allylic oxidation sites excluding steroid dienone is 1. The van der Waals surface area contributed by atoms with E-state index in [0.29, 0.717) is 6.54 Å². The fraction of sp³-hybridized carbons (Fsp3) is 0.500. The van der Waals surface area contributed by atoms with Crippen LogP contribution in [0.5, 0.6) is 0 Å². The van der Waals surface area contributed by atoms with Gasteiger partial charge >= 0.3 is 12.0 Å². The van der Waals surface area contributed by atoms with Crippen molar-refractivity contribution in [1.82, 2.24) is 10.6 Å². The summed E-state index contributed by atoms with van der Waals surface area (Å²) in [4.78, 5) is 21.2. The Morgan fingerprint density at radius 2 is 2.15 bits per heavy atom. The van der Waals surface area contributed by atoms with Crippen LogP contribution >= 0.6 is 0 Å². The minimum Gasteiger partial charge on any atom is -0.480 e. The number of rotatable bonds is 4. The number of carbonyl (C=O) groups is 2. The zero-order valence-electron chi connectivity index (χ0n) is 7.70. The Kier molecular flexibility index (Phi) is 5.34. The summed E-state index contributed by atoms with van der Waals surface area (Å²) in [6.07, 6.45) is 3.55. The molecule has 0 radical (unpaired) electrons. The van der Waals surface area contributed by atoms with E-state index >= 15 is 0 Å². The number of aliphatic carboxylic acids is 1. The Hall–Kier alpha value is -1.52. The van der Waals surface area contributed by atoms with E-state index in [4.69, 9.17) is 5.11 Å². The van der Waals surface area contributed by atoms with Crippen LogP contribution in [0.15, 0.2) is 12.2 Å². The molecule has 3 N–H and O–H groups in total. The van der Waals surface area contributed by atoms with Gasteiger partial charge in [-0.05, 0) is 13.8 Å². The fourth-order valence-corrected chi connectivity index (χ4v) is 0.579. The minimum atomic E-state index is -1.05. The number of carbonyl (C=O) groups excluding carboxylic acids is 1. The van der Waals surface area contributed by atoms with Gasteiger partial charge in [0.15, 0.2) is 0 Å². The van der Waals surface area contributed by atoms with E-state index in [1.807, 2.05) is 6.92 Å². The molecule has 0 aliphatic heterocycles. The zero-order valence-corrected chi connectivity index (χ0v) is 7.70. The van der Waals surface area contributed by atoms with Crippen LogP contribution in [0, 0.1) is 0 Å². The second-order valence-electron chi connectivity index (χ2n) is 2.48. The number of carboxylic acid groups (broad SMARTS) is 1. The summed E-state index contributed by atoms with van der Waals surface area (Å²) in [6, 6.07) is -1.35. The lowest BCUT2D eigenvalue weighted by Gasteiger charge is -2.08. The molecule has 0 aromatic heterocycles. The molecular formula is C8H14N2O3. The van der Waals surface area contributed by atoms with Crippen molar-refractivity contribution in [3.05, 3.63) is 12.2 Å². The maximum Gasteiger partial charge on any atom is 0.325 e. The van der Waals surface area contributed by atoms with Gasteiger partial charge in [-0.1, -0.05) is 12.2 Å². The highest BCUT2D eigenvalue weighted by molar-refractivity contribution is 5.82. The molecule has 0 saturated carbocycles. The SMILES string of the molecule is C/C=C/CNC(=O)NC(C)C(=O)O. The van der Waals surface area contributed by atoms with Crippen molar-refractivity contribution in [1.29, 1.82) is 0 Å². The number of hydrogen-bond donors (Lipinski definition) is 3. The van der Waals surface area contributed by atoms with E-state index in [-0.39, 0.29) is 0 Å². The van der Waals surface area contributed by atoms with Crippen molar-refractivity contribution in [3.63, 3.8) is 0 Å². The topological polar surface area (TPSA) is 78.4 Å². The van der Waals surface area contributed by atoms with Crippen LogP contribution < -0.4 is 10.6 Å². The first-order chi connectivity index (χ1) is 6.07. The van der Waals surface area contributed by atoms with Gasteiger partial charge < -0.3 is 15.7 Å². The van der Waals surface area contributed by atoms with Crippen molar-refractivity contribution < 1.29 is 14.7 Å². The number of nitrogens with one attached hydrogen (secondary N) is 2. The second-order valence-corrected chi connectivity index (χ2v) is 2.48. The van der Waals surface area contributed by atoms with Crippen molar-refractivity contribution >= 4 is 12.0 Å². The van der Waals surface area contributed by atoms with Gasteiger partial charge in [0.1, 0.15) is 6.04 Å². The van der Waals surface area contributed by atoms with E-state index < -0.39 is 18.0 Å². The molecule has 5 heteroatoms. The van der Waals surface area contributed by atoms with E-state index in [1.54, 1.807) is 12.2 Å². The van der Waals surface area contributed by atoms with Crippen molar-refractivity contribution in [2.24, 2.45) is 0 Å². The predicted octanol–water partition coefficient (Wildman–Crippen LogP) is 0.335. The fourth-order valence-electron chi connectivity index (χ4n) is 0.579. The molecule has 0 spiro atoms. The Balaban J connectivity index is 3.68. The number of urea groups is 1. The highest BCUT2D eigenvalue weighted by Gasteiger charge is 2.12. The summed E-state index contributed by atoms with van der Waals surface area (Å²) >= 11 is 0. The molecule has 0 aliphatic rings. The molecule has 0 rings (SSSR count). The Morgan fingerprint density at radius 3 is 2.62 bits per heavy atom. The lowest BCUT2D eigenvalue weighted by molar-refractivity contribution is -0.138. The van der Waals surface area contributed by atoms with E-state index in [1.165, 1.54) is 6.92 Å². The Morgan fingerprint density at radius 1 is 1.54 bits per heavy atom. The van der Waals surface area contributed by atoms with Crippen LogP contribution in [0.1, 0.15) is 13.8 Å². The maximum atomic E-state index is 10.9. The van der Waals surface area contributed by atoms with E-state index in [2.05, 4.69) is 10.6 Å². The van der Waals surface area contributed by atoms with Crippen LogP contribution in [0.2, 0.25) is 0 Å². The van der Waals surface area contributed by atoms with Gasteiger partial charge in [-0.2, -0.15) is 0 Å². The Bertz CT molecular complexity index is 213. The van der Waals surface area contributed by atoms with Crippen molar-refractivity contribution in [2.75, 3.05) is 6.54 Å². The smallest absolute Gasteiger partial charge is 0.325 e. The molecule has 1 atom stereocenters. The zero-order chi connectivity index (χ0) is 10.3. The van der Waals surface area contributed by atoms with Gasteiger partial charge in [0.2, 0.25) is 0 Å². The molecule has 0 aromatic carbocycles. The second kappa shape index (κ2) is 6.05. The first-order valence-corrected chi connectivity index (χ1v) is 3.96. The summed E-state index contributed by atoms with van der Waals surface area (Å²) in [5, 5.41) is 13.2. The normalized spacial score (nSPS) is 12.5. The molecule has 2 amide bonds. The lowest BCUT2D eigenvalue weighted by atomic mass is 10.3. The average Bonchev–Trinajstić information content (AvgIpc) is 2.04. The molecule has 74 valence electrons. The first-order valence-electron chi connectivity index (χ1n) is 3.96. The molecule has 5 nitrogen and oxygen atoms in total. The van der Waals surface area contributed by atoms with Gasteiger partial charge in [0.05, 0.1) is 0 Å². The third-order valence-corrected chi connectivity index (χ3v) is 1.33. The van der Waals surface area contributed by atoms with Crippen LogP contribution in [0.4, 0.5) is 4.79 Å². The first kappa shape index (κ1) is 11.5. The standard InChI is InChI=1S/C8H14N2O3/c1-3-4-5-9-8(13)10-6(2)7(11)12/h3-4,6H,5H2,1-2H3,(H,11,12)(H2,9,10,13)/b4-3+. The van der Waals surface area contributed by atoms with Gasteiger partial charge in [0.25, 0.3) is 0 Å². The summed E-state index contributed by atoms with van der Waals surface area (Å²) in [5.74, 6) is -1.05. The van der Waals surface area contributed by atoms with Gasteiger partial charge in [0, 0.05) is 6.54 Å². The van der Waals surface area contributed by atoms with E-state index in [9.17, 15) is 9.59 Å².